The van der Waals surface area contributed by atoms with E-state index in [1.807, 2.05) is 0 Å². The minimum absolute atomic E-state index is 0.233. The van der Waals surface area contributed by atoms with Crippen LogP contribution in [0.4, 0.5) is 0 Å². The van der Waals surface area contributed by atoms with Crippen LogP contribution >= 0.6 is 0 Å². The molecular formula is C5H5NO3. The van der Waals surface area contributed by atoms with Gasteiger partial charge in [0.2, 0.25) is 0 Å². The molecular weight excluding hydrogens is 122 g/mol. The van der Waals surface area contributed by atoms with Crippen molar-refractivity contribution in [3.8, 4) is 0 Å². The fourth-order valence-electron chi connectivity index (χ4n) is 0.253. The van der Waals surface area contributed by atoms with Crippen LogP contribution in [0.2, 0.25) is 0 Å². The summed E-state index contributed by atoms with van der Waals surface area (Å²) in [6.45, 7) is 0. The highest BCUT2D eigenvalue weighted by Gasteiger charge is 1.99. The monoisotopic (exact) mass is 127 g/mol. The zero-order valence-corrected chi connectivity index (χ0v) is 4.53. The van der Waals surface area contributed by atoms with Gasteiger partial charge in [0, 0.05) is 0 Å². The molecule has 0 aromatic carbocycles. The maximum absolute atomic E-state index is 10.1. The van der Waals surface area contributed by atoms with E-state index in [2.05, 4.69) is 5.73 Å². The molecule has 0 spiro atoms. The summed E-state index contributed by atoms with van der Waals surface area (Å²) in [5.41, 5.74) is 4.32. The first-order valence-electron chi connectivity index (χ1n) is 2.12. The molecule has 0 heterocycles. The predicted octanol–water partition coefficient (Wildman–Crippen LogP) is -1.20. The second-order valence-corrected chi connectivity index (χ2v) is 1.24. The zero-order valence-electron chi connectivity index (χ0n) is 4.53. The number of rotatable bonds is 3. The lowest BCUT2D eigenvalue weighted by atomic mass is 10.3. The minimum Gasteiger partial charge on any atom is -0.365 e. The summed E-state index contributed by atoms with van der Waals surface area (Å²) in [6, 6.07) is 0. The number of nitrogens with two attached hydrogens (primary N) is 1. The van der Waals surface area contributed by atoms with Crippen LogP contribution in [0.5, 0.6) is 0 Å². The zero-order chi connectivity index (χ0) is 7.28. The van der Waals surface area contributed by atoms with E-state index in [4.69, 9.17) is 0 Å². The molecule has 0 unspecified atom stereocenters. The molecule has 4 nitrogen and oxygen atoms in total. The summed E-state index contributed by atoms with van der Waals surface area (Å²) in [7, 11) is 0. The normalized spacial score (nSPS) is 10.4. The number of carbonyl (C=O) groups is 3. The van der Waals surface area contributed by atoms with E-state index < -0.39 is 5.91 Å². The molecule has 0 aliphatic rings. The number of hydrogen-bond donors (Lipinski definition) is 1. The van der Waals surface area contributed by atoms with Crippen LogP contribution in [-0.2, 0) is 14.4 Å². The standard InChI is InChI=1S/C5H5NO3/c6-5(9)4(3-8)1-2-7/h1-3H,(H2,6,9). The van der Waals surface area contributed by atoms with Crippen molar-refractivity contribution >= 4 is 18.5 Å². The number of amides is 1. The lowest BCUT2D eigenvalue weighted by Crippen LogP contribution is -2.14. The quantitative estimate of drug-likeness (QED) is 0.224. The molecule has 0 radical (unpaired) electrons. The molecule has 0 aromatic heterocycles. The highest BCUT2D eigenvalue weighted by atomic mass is 16.2. The van der Waals surface area contributed by atoms with Gasteiger partial charge in [0.25, 0.3) is 5.91 Å². The van der Waals surface area contributed by atoms with E-state index in [9.17, 15) is 14.4 Å². The minimum atomic E-state index is -0.892. The van der Waals surface area contributed by atoms with Crippen LogP contribution in [0.25, 0.3) is 0 Å². The largest absolute Gasteiger partial charge is 0.365 e. The van der Waals surface area contributed by atoms with Crippen LogP contribution in [-0.4, -0.2) is 18.5 Å². The number of allylic oxidation sites excluding steroid dienone is 1. The summed E-state index contributed by atoms with van der Waals surface area (Å²) < 4.78 is 0. The van der Waals surface area contributed by atoms with Gasteiger partial charge in [0.1, 0.15) is 6.29 Å². The van der Waals surface area contributed by atoms with Crippen molar-refractivity contribution in [3.05, 3.63) is 11.6 Å². The van der Waals surface area contributed by atoms with E-state index >= 15 is 0 Å². The molecule has 4 heteroatoms. The Hall–Kier alpha value is -1.45. The molecule has 0 saturated carbocycles. The number of carbonyl (C=O) groups excluding carboxylic acids is 3. The second-order valence-electron chi connectivity index (χ2n) is 1.24. The Morgan fingerprint density at radius 3 is 2.00 bits per heavy atom. The first-order chi connectivity index (χ1) is 4.22. The first kappa shape index (κ1) is 7.55. The van der Waals surface area contributed by atoms with Crippen LogP contribution in [0, 0.1) is 0 Å². The summed E-state index contributed by atoms with van der Waals surface area (Å²) in [5.74, 6) is -0.892. The predicted molar refractivity (Wildman–Crippen MR) is 29.4 cm³/mol. The first-order valence-corrected chi connectivity index (χ1v) is 2.12. The molecule has 48 valence electrons. The Morgan fingerprint density at radius 1 is 1.33 bits per heavy atom. The number of aldehydes is 2. The maximum atomic E-state index is 10.1. The molecule has 2 N–H and O–H groups in total. The third-order valence-corrected chi connectivity index (χ3v) is 0.659. The Balaban J connectivity index is 4.32. The van der Waals surface area contributed by atoms with E-state index in [-0.39, 0.29) is 11.9 Å². The van der Waals surface area contributed by atoms with Gasteiger partial charge < -0.3 is 5.73 Å². The molecule has 0 bridgehead atoms. The summed E-state index contributed by atoms with van der Waals surface area (Å²) in [5, 5.41) is 0. The third kappa shape index (κ3) is 2.38. The summed E-state index contributed by atoms with van der Waals surface area (Å²) >= 11 is 0. The van der Waals surface area contributed by atoms with E-state index in [0.29, 0.717) is 6.29 Å². The van der Waals surface area contributed by atoms with Gasteiger partial charge in [-0.25, -0.2) is 0 Å². The summed E-state index contributed by atoms with van der Waals surface area (Å²) in [6.07, 6.45) is 1.38. The van der Waals surface area contributed by atoms with E-state index in [0.717, 1.165) is 6.08 Å². The van der Waals surface area contributed by atoms with Crippen molar-refractivity contribution in [3.63, 3.8) is 0 Å². The molecule has 0 aliphatic heterocycles. The van der Waals surface area contributed by atoms with E-state index in [1.165, 1.54) is 0 Å². The maximum Gasteiger partial charge on any atom is 0.252 e. The third-order valence-electron chi connectivity index (χ3n) is 0.659. The smallest absolute Gasteiger partial charge is 0.252 e. The highest BCUT2D eigenvalue weighted by molar-refractivity contribution is 6.11. The van der Waals surface area contributed by atoms with E-state index in [1.54, 1.807) is 0 Å². The molecule has 0 rings (SSSR count). The molecule has 0 saturated heterocycles. The molecule has 0 fully saturated rings. The number of primary amides is 1. The van der Waals surface area contributed by atoms with Crippen LogP contribution in [0.3, 0.4) is 0 Å². The van der Waals surface area contributed by atoms with Gasteiger partial charge in [-0.1, -0.05) is 0 Å². The molecule has 0 aromatic rings. The Kier molecular flexibility index (Phi) is 2.97. The van der Waals surface area contributed by atoms with Crippen LogP contribution in [0.1, 0.15) is 0 Å². The molecule has 0 atom stereocenters. The molecule has 0 aliphatic carbocycles. The number of hydrogen-bond acceptors (Lipinski definition) is 3. The average molecular weight is 127 g/mol. The van der Waals surface area contributed by atoms with Gasteiger partial charge >= 0.3 is 0 Å². The molecule has 9 heavy (non-hydrogen) atoms. The average Bonchev–Trinajstić information content (AvgIpc) is 1.82. The fraction of sp³-hybridized carbons (Fsp3) is 0. The van der Waals surface area contributed by atoms with Crippen molar-refractivity contribution < 1.29 is 14.4 Å². The van der Waals surface area contributed by atoms with Gasteiger partial charge in [-0.3, -0.25) is 14.4 Å². The van der Waals surface area contributed by atoms with Crippen LogP contribution < -0.4 is 5.73 Å². The van der Waals surface area contributed by atoms with Crippen molar-refractivity contribution in [2.75, 3.05) is 0 Å². The second kappa shape index (κ2) is 3.54. The highest BCUT2D eigenvalue weighted by Crippen LogP contribution is 1.82. The van der Waals surface area contributed by atoms with Crippen LogP contribution in [0.15, 0.2) is 11.6 Å². The topological polar surface area (TPSA) is 77.2 Å². The molecule has 1 amide bonds. The lowest BCUT2D eigenvalue weighted by molar-refractivity contribution is -0.117. The Labute approximate surface area is 51.3 Å². The van der Waals surface area contributed by atoms with Gasteiger partial charge in [0.15, 0.2) is 6.29 Å². The lowest BCUT2D eigenvalue weighted by Gasteiger charge is -1.84. The van der Waals surface area contributed by atoms with Gasteiger partial charge in [-0.2, -0.15) is 0 Å². The van der Waals surface area contributed by atoms with Crippen molar-refractivity contribution in [1.29, 1.82) is 0 Å². The fourth-order valence-corrected chi connectivity index (χ4v) is 0.253. The Morgan fingerprint density at radius 2 is 1.89 bits per heavy atom. The van der Waals surface area contributed by atoms with Crippen molar-refractivity contribution in [1.82, 2.24) is 0 Å². The van der Waals surface area contributed by atoms with Gasteiger partial charge in [-0.15, -0.1) is 0 Å². The van der Waals surface area contributed by atoms with Gasteiger partial charge in [-0.05, 0) is 6.08 Å². The summed E-state index contributed by atoms with van der Waals surface area (Å²) in [4.78, 5) is 29.5. The van der Waals surface area contributed by atoms with Crippen molar-refractivity contribution in [2.45, 2.75) is 0 Å². The SMILES string of the molecule is NC(=O)C(C=O)=CC=O. The van der Waals surface area contributed by atoms with Gasteiger partial charge in [0.05, 0.1) is 5.57 Å². The van der Waals surface area contributed by atoms with Crippen molar-refractivity contribution in [2.24, 2.45) is 5.73 Å². The Bertz CT molecular complexity index is 171.